The number of hydrogen-bond donors (Lipinski definition) is 2. The van der Waals surface area contributed by atoms with Gasteiger partial charge in [-0.25, -0.2) is 0 Å². The van der Waals surface area contributed by atoms with Gasteiger partial charge in [-0.3, -0.25) is 9.59 Å². The predicted octanol–water partition coefficient (Wildman–Crippen LogP) is 3.16. The average Bonchev–Trinajstić information content (AvgIpc) is 3.16. The molecule has 0 saturated carbocycles. The molecule has 0 unspecified atom stereocenters. The van der Waals surface area contributed by atoms with Crippen LogP contribution in [0.5, 0.6) is 5.75 Å². The monoisotopic (exact) mass is 464 g/mol. The molecule has 2 aliphatic rings. The van der Waals surface area contributed by atoms with Crippen LogP contribution in [0.2, 0.25) is 0 Å². The molecule has 8 nitrogen and oxygen atoms in total. The first-order valence-electron chi connectivity index (χ1n) is 11.9. The van der Waals surface area contributed by atoms with Crippen LogP contribution in [0.3, 0.4) is 0 Å². The summed E-state index contributed by atoms with van der Waals surface area (Å²) in [6.45, 7) is 8.45. The van der Waals surface area contributed by atoms with Gasteiger partial charge in [0.2, 0.25) is 0 Å². The molecule has 2 aliphatic heterocycles. The number of nitrogens with one attached hydrogen (secondary N) is 2. The highest BCUT2D eigenvalue weighted by molar-refractivity contribution is 6.25. The van der Waals surface area contributed by atoms with Crippen LogP contribution in [-0.4, -0.2) is 57.7 Å². The molecule has 2 aromatic carbocycles. The van der Waals surface area contributed by atoms with Crippen molar-refractivity contribution in [2.75, 3.05) is 61.1 Å². The van der Waals surface area contributed by atoms with Gasteiger partial charge in [-0.05, 0) is 49.9 Å². The Kier molecular flexibility index (Phi) is 7.82. The first kappa shape index (κ1) is 23.8. The second-order valence-corrected chi connectivity index (χ2v) is 8.04. The lowest BCUT2D eigenvalue weighted by Crippen LogP contribution is -2.41. The number of ether oxygens (including phenoxy) is 2. The van der Waals surface area contributed by atoms with Crippen molar-refractivity contribution in [1.29, 1.82) is 0 Å². The molecule has 0 spiro atoms. The van der Waals surface area contributed by atoms with Crippen molar-refractivity contribution in [2.45, 2.75) is 20.3 Å². The minimum Gasteiger partial charge on any atom is -0.492 e. The largest absolute Gasteiger partial charge is 0.492 e. The molecule has 0 saturated heterocycles. The minimum atomic E-state index is -0.403. The van der Waals surface area contributed by atoms with Crippen LogP contribution in [-0.2, 0) is 14.3 Å². The zero-order valence-electron chi connectivity index (χ0n) is 19.8. The topological polar surface area (TPSA) is 83.1 Å². The molecule has 4 rings (SSSR count). The lowest BCUT2D eigenvalue weighted by molar-refractivity contribution is -0.120. The van der Waals surface area contributed by atoms with Crippen molar-refractivity contribution in [3.05, 3.63) is 59.9 Å². The second-order valence-electron chi connectivity index (χ2n) is 8.04. The lowest BCUT2D eigenvalue weighted by atomic mass is 10.0. The maximum absolute atomic E-state index is 13.4. The predicted molar refractivity (Wildman–Crippen MR) is 133 cm³/mol. The number of nitrogens with zero attached hydrogens (tertiary/aromatic N) is 2. The molecule has 2 aromatic rings. The number of carbonyl (C=O) groups excluding carboxylic acids is 2. The Morgan fingerprint density at radius 3 is 2.53 bits per heavy atom. The summed E-state index contributed by atoms with van der Waals surface area (Å²) in [5.74, 6) is 0.810. The molecule has 8 heteroatoms. The molecule has 0 aromatic heterocycles. The van der Waals surface area contributed by atoms with Crippen LogP contribution in [0, 0.1) is 0 Å². The van der Waals surface area contributed by atoms with E-state index in [2.05, 4.69) is 15.5 Å². The van der Waals surface area contributed by atoms with E-state index < -0.39 is 5.91 Å². The Morgan fingerprint density at radius 2 is 1.79 bits per heavy atom. The SMILES string of the molecule is CCNCCOc1ccc(NC(=O)C2=C3N(CCOCC)c4ccccc4N3CCC2=O)cc1. The summed E-state index contributed by atoms with van der Waals surface area (Å²) in [6.07, 6.45) is 0.290. The third kappa shape index (κ3) is 5.08. The Bertz CT molecular complexity index is 1050. The van der Waals surface area contributed by atoms with Crippen molar-refractivity contribution in [2.24, 2.45) is 0 Å². The quantitative estimate of drug-likeness (QED) is 0.390. The van der Waals surface area contributed by atoms with Gasteiger partial charge in [-0.1, -0.05) is 19.1 Å². The summed E-state index contributed by atoms with van der Waals surface area (Å²) < 4.78 is 11.3. The first-order chi connectivity index (χ1) is 16.6. The number of benzene rings is 2. The molecule has 0 bridgehead atoms. The van der Waals surface area contributed by atoms with E-state index >= 15 is 0 Å². The van der Waals surface area contributed by atoms with E-state index in [1.54, 1.807) is 12.1 Å². The lowest BCUT2D eigenvalue weighted by Gasteiger charge is -2.31. The summed E-state index contributed by atoms with van der Waals surface area (Å²) in [7, 11) is 0. The Hall–Kier alpha value is -3.36. The third-order valence-corrected chi connectivity index (χ3v) is 5.84. The average molecular weight is 465 g/mol. The molecular weight excluding hydrogens is 432 g/mol. The van der Waals surface area contributed by atoms with Gasteiger partial charge in [0.1, 0.15) is 23.8 Å². The molecule has 0 radical (unpaired) electrons. The fourth-order valence-electron chi connectivity index (χ4n) is 4.25. The molecule has 0 atom stereocenters. The van der Waals surface area contributed by atoms with E-state index in [4.69, 9.17) is 9.47 Å². The van der Waals surface area contributed by atoms with E-state index in [-0.39, 0.29) is 11.4 Å². The van der Waals surface area contributed by atoms with Gasteiger partial charge in [0.05, 0.1) is 18.0 Å². The highest BCUT2D eigenvalue weighted by atomic mass is 16.5. The minimum absolute atomic E-state index is 0.152. The van der Waals surface area contributed by atoms with Gasteiger partial charge in [0, 0.05) is 38.3 Å². The van der Waals surface area contributed by atoms with E-state index in [0.29, 0.717) is 50.8 Å². The number of Topliss-reactive ketones (excluding diaryl/α,β-unsaturated/α-hetero) is 1. The molecule has 1 amide bonds. The Balaban J connectivity index is 1.56. The number of carbonyl (C=O) groups is 2. The number of amides is 1. The van der Waals surface area contributed by atoms with Gasteiger partial charge in [0.25, 0.3) is 5.91 Å². The van der Waals surface area contributed by atoms with E-state index in [9.17, 15) is 9.59 Å². The number of fused-ring (bicyclic) bond motifs is 3. The summed E-state index contributed by atoms with van der Waals surface area (Å²) in [5, 5.41) is 6.11. The van der Waals surface area contributed by atoms with E-state index in [1.165, 1.54) is 0 Å². The summed E-state index contributed by atoms with van der Waals surface area (Å²) in [6, 6.07) is 15.2. The number of hydrogen-bond acceptors (Lipinski definition) is 7. The van der Waals surface area contributed by atoms with Crippen LogP contribution in [0.25, 0.3) is 0 Å². The molecule has 2 N–H and O–H groups in total. The molecule has 2 heterocycles. The highest BCUT2D eigenvalue weighted by Gasteiger charge is 2.40. The highest BCUT2D eigenvalue weighted by Crippen LogP contribution is 2.44. The zero-order valence-corrected chi connectivity index (χ0v) is 19.8. The maximum atomic E-state index is 13.4. The van der Waals surface area contributed by atoms with Crippen LogP contribution in [0.15, 0.2) is 59.9 Å². The molecular formula is C26H32N4O4. The summed E-state index contributed by atoms with van der Waals surface area (Å²) in [5.41, 5.74) is 2.78. The van der Waals surface area contributed by atoms with Crippen LogP contribution >= 0.6 is 0 Å². The maximum Gasteiger partial charge on any atom is 0.263 e. The van der Waals surface area contributed by atoms with Crippen molar-refractivity contribution in [3.8, 4) is 5.75 Å². The van der Waals surface area contributed by atoms with Crippen LogP contribution in [0.4, 0.5) is 17.1 Å². The molecule has 34 heavy (non-hydrogen) atoms. The number of anilines is 3. The van der Waals surface area contributed by atoms with Crippen molar-refractivity contribution < 1.29 is 19.1 Å². The molecule has 0 fully saturated rings. The third-order valence-electron chi connectivity index (χ3n) is 5.84. The standard InChI is InChI=1S/C26H32N4O4/c1-3-27-14-17-34-20-11-9-19(10-12-20)28-25(32)24-23(31)13-15-29-21-7-5-6-8-22(21)30(26(24)29)16-18-33-4-2/h5-12,27H,3-4,13-18H2,1-2H3,(H,28,32). The summed E-state index contributed by atoms with van der Waals surface area (Å²) in [4.78, 5) is 30.4. The number of rotatable bonds is 11. The number of ketones is 1. The van der Waals surface area contributed by atoms with Crippen molar-refractivity contribution in [1.82, 2.24) is 5.32 Å². The van der Waals surface area contributed by atoms with E-state index in [0.717, 1.165) is 30.2 Å². The van der Waals surface area contributed by atoms with Crippen LogP contribution in [0.1, 0.15) is 20.3 Å². The van der Waals surface area contributed by atoms with E-state index in [1.807, 2.05) is 55.1 Å². The van der Waals surface area contributed by atoms with Gasteiger partial charge < -0.3 is 29.9 Å². The van der Waals surface area contributed by atoms with Crippen LogP contribution < -0.4 is 25.2 Å². The first-order valence-corrected chi connectivity index (χ1v) is 11.9. The number of likely N-dealkylation sites (N-methyl/N-ethyl adjacent to an activating group) is 1. The molecule has 0 aliphatic carbocycles. The normalized spacial score (nSPS) is 14.8. The van der Waals surface area contributed by atoms with Crippen molar-refractivity contribution in [3.63, 3.8) is 0 Å². The Labute approximate surface area is 200 Å². The van der Waals surface area contributed by atoms with Gasteiger partial charge in [-0.2, -0.15) is 0 Å². The number of para-hydroxylation sites is 2. The fourth-order valence-corrected chi connectivity index (χ4v) is 4.25. The smallest absolute Gasteiger partial charge is 0.263 e. The molecule has 180 valence electrons. The van der Waals surface area contributed by atoms with Crippen molar-refractivity contribution >= 4 is 28.8 Å². The zero-order chi connectivity index (χ0) is 23.9. The second kappa shape index (κ2) is 11.2. The Morgan fingerprint density at radius 1 is 1.03 bits per heavy atom. The van der Waals surface area contributed by atoms with Gasteiger partial charge in [-0.15, -0.1) is 0 Å². The van der Waals surface area contributed by atoms with Gasteiger partial charge in [0.15, 0.2) is 5.78 Å². The summed E-state index contributed by atoms with van der Waals surface area (Å²) >= 11 is 0. The van der Waals surface area contributed by atoms with Gasteiger partial charge >= 0.3 is 0 Å². The fraction of sp³-hybridized carbons (Fsp3) is 0.385.